The first-order valence-electron chi connectivity index (χ1n) is 10.1. The second-order valence-corrected chi connectivity index (χ2v) is 7.87. The van der Waals surface area contributed by atoms with Crippen LogP contribution < -0.4 is 0 Å². The van der Waals surface area contributed by atoms with Crippen LogP contribution in [-0.2, 0) is 7.05 Å². The van der Waals surface area contributed by atoms with Crippen LogP contribution in [0.3, 0.4) is 0 Å². The van der Waals surface area contributed by atoms with E-state index >= 15 is 0 Å². The summed E-state index contributed by atoms with van der Waals surface area (Å²) in [6.07, 6.45) is 0. The van der Waals surface area contributed by atoms with Crippen LogP contribution in [0.5, 0.6) is 0 Å². The van der Waals surface area contributed by atoms with Crippen LogP contribution in [0.4, 0.5) is 5.69 Å². The van der Waals surface area contributed by atoms with Gasteiger partial charge in [-0.15, -0.1) is 0 Å². The van der Waals surface area contributed by atoms with Crippen molar-refractivity contribution in [3.05, 3.63) is 95.8 Å². The van der Waals surface area contributed by atoms with Gasteiger partial charge in [0, 0.05) is 39.9 Å². The molecule has 30 heavy (non-hydrogen) atoms. The van der Waals surface area contributed by atoms with Gasteiger partial charge in [0.15, 0.2) is 0 Å². The molecule has 0 aliphatic carbocycles. The summed E-state index contributed by atoms with van der Waals surface area (Å²) in [5.41, 5.74) is 7.57. The van der Waals surface area contributed by atoms with Crippen molar-refractivity contribution in [2.75, 3.05) is 0 Å². The van der Waals surface area contributed by atoms with Crippen LogP contribution in [0.1, 0.15) is 5.56 Å². The minimum Gasteiger partial charge on any atom is -0.344 e. The molecule has 0 N–H and O–H groups in total. The average molecular weight is 385 g/mol. The second-order valence-electron chi connectivity index (χ2n) is 7.87. The van der Waals surface area contributed by atoms with E-state index in [2.05, 4.69) is 94.7 Å². The molecule has 0 bridgehead atoms. The normalized spacial score (nSPS) is 11.6. The van der Waals surface area contributed by atoms with E-state index in [4.69, 9.17) is 6.57 Å². The molecule has 0 saturated heterocycles. The van der Waals surface area contributed by atoms with Gasteiger partial charge in [0.2, 0.25) is 5.69 Å². The lowest BCUT2D eigenvalue weighted by Gasteiger charge is -2.11. The topological polar surface area (TPSA) is 14.2 Å². The Kier molecular flexibility index (Phi) is 3.37. The minimum atomic E-state index is 0.682. The molecule has 0 atom stereocenters. The second kappa shape index (κ2) is 5.98. The third kappa shape index (κ3) is 2.08. The molecule has 0 amide bonds. The van der Waals surface area contributed by atoms with Gasteiger partial charge < -0.3 is 9.13 Å². The molecule has 142 valence electrons. The molecule has 0 radical (unpaired) electrons. The van der Waals surface area contributed by atoms with Gasteiger partial charge in [-0.1, -0.05) is 54.6 Å². The standard InChI is InChI=1S/C27H19N3/c1-17-8-6-10-20-21-11-7-12-23(28-2)27(21)30(26(17)20)18-14-15-25-22(16-18)19-9-4-5-13-24(19)29(25)3/h4-16H,1,3H3. The van der Waals surface area contributed by atoms with Crippen LogP contribution in [0.15, 0.2) is 78.9 Å². The fraction of sp³-hybridized carbons (Fsp3) is 0.0741. The Labute approximate surface area is 174 Å². The highest BCUT2D eigenvalue weighted by Crippen LogP contribution is 2.39. The summed E-state index contributed by atoms with van der Waals surface area (Å²) in [4.78, 5) is 3.85. The van der Waals surface area contributed by atoms with E-state index in [-0.39, 0.29) is 0 Å². The lowest BCUT2D eigenvalue weighted by atomic mass is 10.1. The molecule has 0 spiro atoms. The Bertz CT molecular complexity index is 1670. The molecule has 2 heterocycles. The smallest absolute Gasteiger partial charge is 0.211 e. The van der Waals surface area contributed by atoms with Gasteiger partial charge in [-0.05, 0) is 42.1 Å². The third-order valence-electron chi connectivity index (χ3n) is 6.27. The van der Waals surface area contributed by atoms with Crippen molar-refractivity contribution in [2.45, 2.75) is 6.92 Å². The number of aromatic nitrogens is 2. The van der Waals surface area contributed by atoms with E-state index in [0.717, 1.165) is 16.6 Å². The van der Waals surface area contributed by atoms with Crippen molar-refractivity contribution in [1.29, 1.82) is 0 Å². The minimum absolute atomic E-state index is 0.682. The van der Waals surface area contributed by atoms with Gasteiger partial charge in [0.05, 0.1) is 17.6 Å². The number of para-hydroxylation sites is 3. The van der Waals surface area contributed by atoms with Gasteiger partial charge >= 0.3 is 0 Å². The zero-order valence-electron chi connectivity index (χ0n) is 16.8. The van der Waals surface area contributed by atoms with Crippen molar-refractivity contribution >= 4 is 49.3 Å². The van der Waals surface area contributed by atoms with E-state index in [0.29, 0.717) is 5.69 Å². The molecule has 0 saturated carbocycles. The van der Waals surface area contributed by atoms with Crippen molar-refractivity contribution in [1.82, 2.24) is 9.13 Å². The zero-order chi connectivity index (χ0) is 20.4. The Morgan fingerprint density at radius 2 is 1.40 bits per heavy atom. The fourth-order valence-electron chi connectivity index (χ4n) is 4.91. The SMILES string of the molecule is [C-]#[N+]c1cccc2c3cccc(C)c3n(-c3ccc4c(c3)c3ccccc3n4C)c12. The molecule has 3 nitrogen and oxygen atoms in total. The summed E-state index contributed by atoms with van der Waals surface area (Å²) in [6.45, 7) is 9.91. The third-order valence-corrected chi connectivity index (χ3v) is 6.27. The number of fused-ring (bicyclic) bond motifs is 6. The van der Waals surface area contributed by atoms with Crippen LogP contribution in [0, 0.1) is 13.5 Å². The summed E-state index contributed by atoms with van der Waals surface area (Å²) in [6, 6.07) is 27.6. The molecular weight excluding hydrogens is 366 g/mol. The molecule has 0 aliphatic rings. The van der Waals surface area contributed by atoms with Crippen LogP contribution in [0.2, 0.25) is 0 Å². The van der Waals surface area contributed by atoms with Gasteiger partial charge in [-0.2, -0.15) is 0 Å². The predicted octanol–water partition coefficient (Wildman–Crippen LogP) is 7.29. The van der Waals surface area contributed by atoms with Crippen LogP contribution in [-0.4, -0.2) is 9.13 Å². The Balaban J connectivity index is 1.82. The van der Waals surface area contributed by atoms with Gasteiger partial charge in [0.25, 0.3) is 0 Å². The molecule has 6 rings (SSSR count). The van der Waals surface area contributed by atoms with E-state index < -0.39 is 0 Å². The zero-order valence-corrected chi connectivity index (χ0v) is 16.8. The lowest BCUT2D eigenvalue weighted by Crippen LogP contribution is -1.96. The molecular formula is C27H19N3. The summed E-state index contributed by atoms with van der Waals surface area (Å²) >= 11 is 0. The van der Waals surface area contributed by atoms with Crippen molar-refractivity contribution < 1.29 is 0 Å². The largest absolute Gasteiger partial charge is 0.344 e. The first-order chi connectivity index (χ1) is 14.7. The highest BCUT2D eigenvalue weighted by atomic mass is 15.0. The summed E-state index contributed by atoms with van der Waals surface area (Å²) in [7, 11) is 2.12. The van der Waals surface area contributed by atoms with Crippen LogP contribution in [0.25, 0.3) is 54.1 Å². The first-order valence-corrected chi connectivity index (χ1v) is 10.1. The molecule has 0 aliphatic heterocycles. The van der Waals surface area contributed by atoms with E-state index in [1.165, 1.54) is 38.3 Å². The number of nitrogens with zero attached hydrogens (tertiary/aromatic N) is 3. The Morgan fingerprint density at radius 1 is 0.700 bits per heavy atom. The maximum atomic E-state index is 7.76. The Hall–Kier alpha value is -4.03. The molecule has 6 aromatic rings. The number of rotatable bonds is 1. The number of aryl methyl sites for hydroxylation is 2. The summed E-state index contributed by atoms with van der Waals surface area (Å²) in [5, 5.41) is 4.79. The maximum absolute atomic E-state index is 7.76. The monoisotopic (exact) mass is 385 g/mol. The summed E-state index contributed by atoms with van der Waals surface area (Å²) in [5.74, 6) is 0. The van der Waals surface area contributed by atoms with E-state index in [9.17, 15) is 0 Å². The van der Waals surface area contributed by atoms with Crippen molar-refractivity contribution in [3.63, 3.8) is 0 Å². The lowest BCUT2D eigenvalue weighted by molar-refractivity contribution is 1.01. The summed E-state index contributed by atoms with van der Waals surface area (Å²) < 4.78 is 4.52. The number of benzene rings is 4. The highest BCUT2D eigenvalue weighted by Gasteiger charge is 2.17. The van der Waals surface area contributed by atoms with E-state index in [1.807, 2.05) is 12.1 Å². The number of hydrogen-bond donors (Lipinski definition) is 0. The molecule has 4 aromatic carbocycles. The number of hydrogen-bond acceptors (Lipinski definition) is 0. The molecule has 0 fully saturated rings. The Morgan fingerprint density at radius 3 is 2.23 bits per heavy atom. The van der Waals surface area contributed by atoms with Crippen LogP contribution >= 0.6 is 0 Å². The highest BCUT2D eigenvalue weighted by molar-refractivity contribution is 6.15. The van der Waals surface area contributed by atoms with Gasteiger partial charge in [-0.25, -0.2) is 4.85 Å². The van der Waals surface area contributed by atoms with Gasteiger partial charge in [0.1, 0.15) is 0 Å². The average Bonchev–Trinajstić information content (AvgIpc) is 3.28. The molecule has 0 unspecified atom stereocenters. The molecule has 3 heteroatoms. The van der Waals surface area contributed by atoms with Gasteiger partial charge in [-0.3, -0.25) is 0 Å². The first kappa shape index (κ1) is 16.9. The fourth-order valence-corrected chi connectivity index (χ4v) is 4.91. The van der Waals surface area contributed by atoms with Crippen molar-refractivity contribution in [3.8, 4) is 5.69 Å². The van der Waals surface area contributed by atoms with E-state index in [1.54, 1.807) is 0 Å². The van der Waals surface area contributed by atoms with Crippen molar-refractivity contribution in [2.24, 2.45) is 7.05 Å². The molecule has 2 aromatic heterocycles. The quantitative estimate of drug-likeness (QED) is 0.264. The maximum Gasteiger partial charge on any atom is 0.211 e. The predicted molar refractivity (Wildman–Crippen MR) is 126 cm³/mol.